The van der Waals surface area contributed by atoms with Crippen molar-refractivity contribution in [1.29, 1.82) is 0 Å². The molecule has 1 heterocycles. The molecule has 0 N–H and O–H groups in total. The van der Waals surface area contributed by atoms with Crippen LogP contribution in [0.1, 0.15) is 32.1 Å². The van der Waals surface area contributed by atoms with E-state index in [1.807, 2.05) is 18.2 Å². The third-order valence-corrected chi connectivity index (χ3v) is 5.20. The number of carbonyl (C=O) groups is 1. The highest BCUT2D eigenvalue weighted by Gasteiger charge is 2.28. The van der Waals surface area contributed by atoms with Gasteiger partial charge in [0.05, 0.1) is 6.54 Å². The molecule has 23 heavy (non-hydrogen) atoms. The molecule has 1 amide bonds. The number of rotatable bonds is 4. The third kappa shape index (κ3) is 4.33. The highest BCUT2D eigenvalue weighted by molar-refractivity contribution is 5.95. The van der Waals surface area contributed by atoms with Gasteiger partial charge in [-0.3, -0.25) is 9.69 Å². The summed E-state index contributed by atoms with van der Waals surface area (Å²) in [4.78, 5) is 19.8. The van der Waals surface area contributed by atoms with E-state index in [-0.39, 0.29) is 5.91 Å². The highest BCUT2D eigenvalue weighted by Crippen LogP contribution is 2.27. The van der Waals surface area contributed by atoms with Crippen molar-refractivity contribution in [1.82, 2.24) is 9.80 Å². The highest BCUT2D eigenvalue weighted by atomic mass is 16.2. The first kappa shape index (κ1) is 16.5. The molecule has 1 saturated carbocycles. The van der Waals surface area contributed by atoms with Gasteiger partial charge in [0.2, 0.25) is 5.91 Å². The van der Waals surface area contributed by atoms with Gasteiger partial charge in [0, 0.05) is 37.9 Å². The first-order valence-corrected chi connectivity index (χ1v) is 9.02. The predicted octanol–water partition coefficient (Wildman–Crippen LogP) is 2.60. The number of para-hydroxylation sites is 1. The molecular formula is C19H29N3O. The van der Waals surface area contributed by atoms with Crippen LogP contribution >= 0.6 is 0 Å². The van der Waals surface area contributed by atoms with Crippen molar-refractivity contribution in [2.45, 2.75) is 38.1 Å². The number of benzene rings is 1. The third-order valence-electron chi connectivity index (χ3n) is 5.20. The number of hydrogen-bond acceptors (Lipinski definition) is 3. The molecule has 1 aromatic rings. The van der Waals surface area contributed by atoms with Crippen molar-refractivity contribution in [2.75, 3.05) is 44.7 Å². The van der Waals surface area contributed by atoms with Crippen LogP contribution in [0, 0.1) is 0 Å². The van der Waals surface area contributed by atoms with Gasteiger partial charge in [0.1, 0.15) is 0 Å². The Morgan fingerprint density at radius 1 is 1.04 bits per heavy atom. The van der Waals surface area contributed by atoms with Gasteiger partial charge in [-0.15, -0.1) is 0 Å². The molecule has 0 spiro atoms. The summed E-state index contributed by atoms with van der Waals surface area (Å²) in [5.41, 5.74) is 1.07. The Morgan fingerprint density at radius 2 is 1.70 bits per heavy atom. The van der Waals surface area contributed by atoms with Gasteiger partial charge in [-0.05, 0) is 32.0 Å². The van der Waals surface area contributed by atoms with Gasteiger partial charge in [0.15, 0.2) is 0 Å². The van der Waals surface area contributed by atoms with Gasteiger partial charge >= 0.3 is 0 Å². The van der Waals surface area contributed by atoms with Crippen molar-refractivity contribution >= 4 is 11.6 Å². The first-order chi connectivity index (χ1) is 11.2. The summed E-state index contributed by atoms with van der Waals surface area (Å²) in [5, 5.41) is 0. The fourth-order valence-corrected chi connectivity index (χ4v) is 3.76. The summed E-state index contributed by atoms with van der Waals surface area (Å²) in [7, 11) is 2.15. The average Bonchev–Trinajstić information content (AvgIpc) is 2.59. The van der Waals surface area contributed by atoms with Gasteiger partial charge in [0.25, 0.3) is 0 Å². The zero-order chi connectivity index (χ0) is 16.1. The largest absolute Gasteiger partial charge is 0.308 e. The number of hydrogen-bond donors (Lipinski definition) is 0. The number of nitrogens with zero attached hydrogens (tertiary/aromatic N) is 3. The van der Waals surface area contributed by atoms with Crippen LogP contribution in [-0.4, -0.2) is 61.5 Å². The second-order valence-electron chi connectivity index (χ2n) is 6.97. The number of likely N-dealkylation sites (N-methyl/N-ethyl adjacent to an activating group) is 1. The van der Waals surface area contributed by atoms with E-state index in [4.69, 9.17) is 0 Å². The fourth-order valence-electron chi connectivity index (χ4n) is 3.76. The summed E-state index contributed by atoms with van der Waals surface area (Å²) in [5.74, 6) is 0.271. The van der Waals surface area contributed by atoms with Gasteiger partial charge in [-0.25, -0.2) is 0 Å². The molecule has 1 aromatic carbocycles. The Kier molecular flexibility index (Phi) is 5.68. The van der Waals surface area contributed by atoms with Crippen LogP contribution in [0.5, 0.6) is 0 Å². The molecular weight excluding hydrogens is 286 g/mol. The average molecular weight is 315 g/mol. The van der Waals surface area contributed by atoms with Gasteiger partial charge in [-0.1, -0.05) is 37.5 Å². The van der Waals surface area contributed by atoms with Crippen LogP contribution in [-0.2, 0) is 4.79 Å². The zero-order valence-electron chi connectivity index (χ0n) is 14.3. The van der Waals surface area contributed by atoms with E-state index in [0.717, 1.165) is 44.7 Å². The minimum atomic E-state index is 0.271. The molecule has 0 unspecified atom stereocenters. The minimum Gasteiger partial charge on any atom is -0.308 e. The van der Waals surface area contributed by atoms with E-state index in [0.29, 0.717) is 12.6 Å². The van der Waals surface area contributed by atoms with Crippen LogP contribution in [0.25, 0.3) is 0 Å². The van der Waals surface area contributed by atoms with Crippen LogP contribution in [0.3, 0.4) is 0 Å². The summed E-state index contributed by atoms with van der Waals surface area (Å²) in [6, 6.07) is 10.6. The molecule has 3 rings (SSSR count). The van der Waals surface area contributed by atoms with E-state index >= 15 is 0 Å². The Morgan fingerprint density at radius 3 is 2.35 bits per heavy atom. The lowest BCUT2D eigenvalue weighted by atomic mass is 9.93. The molecule has 4 nitrogen and oxygen atoms in total. The van der Waals surface area contributed by atoms with E-state index in [1.165, 1.54) is 19.3 Å². The van der Waals surface area contributed by atoms with E-state index in [9.17, 15) is 4.79 Å². The monoisotopic (exact) mass is 315 g/mol. The van der Waals surface area contributed by atoms with Crippen molar-refractivity contribution in [3.63, 3.8) is 0 Å². The lowest BCUT2D eigenvalue weighted by Gasteiger charge is -2.37. The van der Waals surface area contributed by atoms with Crippen LogP contribution in [0.4, 0.5) is 5.69 Å². The second-order valence-corrected chi connectivity index (χ2v) is 6.97. The maximum absolute atomic E-state index is 13.1. The van der Waals surface area contributed by atoms with Gasteiger partial charge < -0.3 is 9.80 Å². The molecule has 4 heteroatoms. The molecule has 1 aliphatic heterocycles. The first-order valence-electron chi connectivity index (χ1n) is 9.02. The standard InChI is InChI=1S/C19H29N3O/c1-20-12-14-21(15-13-20)16-19(23)22(17-8-4-2-5-9-17)18-10-6-3-7-11-18/h2,4-5,8-9,18H,3,6-7,10-16H2,1H3. The second kappa shape index (κ2) is 7.93. The minimum absolute atomic E-state index is 0.271. The molecule has 2 fully saturated rings. The van der Waals surface area contributed by atoms with Crippen LogP contribution in [0.15, 0.2) is 30.3 Å². The Hall–Kier alpha value is -1.39. The topological polar surface area (TPSA) is 26.8 Å². The molecule has 126 valence electrons. The maximum Gasteiger partial charge on any atom is 0.241 e. The molecule has 1 aliphatic carbocycles. The summed E-state index contributed by atoms with van der Waals surface area (Å²) < 4.78 is 0. The lowest BCUT2D eigenvalue weighted by Crippen LogP contribution is -2.51. The smallest absolute Gasteiger partial charge is 0.241 e. The number of anilines is 1. The quantitative estimate of drug-likeness (QED) is 0.854. The molecule has 1 saturated heterocycles. The Bertz CT molecular complexity index is 491. The van der Waals surface area contributed by atoms with Crippen LogP contribution < -0.4 is 4.90 Å². The Balaban J connectivity index is 1.70. The van der Waals surface area contributed by atoms with Crippen molar-refractivity contribution < 1.29 is 4.79 Å². The molecule has 0 bridgehead atoms. The molecule has 0 radical (unpaired) electrons. The number of amides is 1. The van der Waals surface area contributed by atoms with Gasteiger partial charge in [-0.2, -0.15) is 0 Å². The summed E-state index contributed by atoms with van der Waals surface area (Å²) in [6.45, 7) is 4.66. The SMILES string of the molecule is CN1CCN(CC(=O)N(c2ccccc2)C2CCCCC2)CC1. The predicted molar refractivity (Wildman–Crippen MR) is 94.7 cm³/mol. The lowest BCUT2D eigenvalue weighted by molar-refractivity contribution is -0.120. The van der Waals surface area contributed by atoms with Crippen molar-refractivity contribution in [3.8, 4) is 0 Å². The Labute approximate surface area is 140 Å². The molecule has 0 atom stereocenters. The fraction of sp³-hybridized carbons (Fsp3) is 0.632. The molecule has 0 aromatic heterocycles. The normalized spacial score (nSPS) is 21.3. The molecule has 2 aliphatic rings. The van der Waals surface area contributed by atoms with Crippen LogP contribution in [0.2, 0.25) is 0 Å². The zero-order valence-corrected chi connectivity index (χ0v) is 14.3. The summed E-state index contributed by atoms with van der Waals surface area (Å²) >= 11 is 0. The van der Waals surface area contributed by atoms with E-state index in [1.54, 1.807) is 0 Å². The number of piperazine rings is 1. The van der Waals surface area contributed by atoms with Crippen molar-refractivity contribution in [3.05, 3.63) is 30.3 Å². The van der Waals surface area contributed by atoms with E-state index < -0.39 is 0 Å². The van der Waals surface area contributed by atoms with Crippen molar-refractivity contribution in [2.24, 2.45) is 0 Å². The maximum atomic E-state index is 13.1. The summed E-state index contributed by atoms with van der Waals surface area (Å²) in [6.07, 6.45) is 6.09. The van der Waals surface area contributed by atoms with E-state index in [2.05, 4.69) is 33.9 Å². The number of carbonyl (C=O) groups excluding carboxylic acids is 1.